The summed E-state index contributed by atoms with van der Waals surface area (Å²) in [7, 11) is 4.79. The first-order chi connectivity index (χ1) is 13.6. The highest BCUT2D eigenvalue weighted by molar-refractivity contribution is 5.79. The Morgan fingerprint density at radius 2 is 1.79 bits per heavy atom. The lowest BCUT2D eigenvalue weighted by molar-refractivity contribution is -0.0504. The number of guanidine groups is 1. The van der Waals surface area contributed by atoms with E-state index in [9.17, 15) is 8.78 Å². The number of aliphatic imine (C=N–C) groups is 1. The van der Waals surface area contributed by atoms with Crippen LogP contribution in [0.2, 0.25) is 0 Å². The second-order valence-corrected chi connectivity index (χ2v) is 5.77. The number of benzene rings is 2. The third kappa shape index (κ3) is 6.29. The molecule has 0 aliphatic heterocycles. The fourth-order valence-corrected chi connectivity index (χ4v) is 2.66. The van der Waals surface area contributed by atoms with Gasteiger partial charge in [-0.3, -0.25) is 4.99 Å². The van der Waals surface area contributed by atoms with Crippen LogP contribution in [-0.4, -0.2) is 40.4 Å². The van der Waals surface area contributed by atoms with Gasteiger partial charge in [-0.25, -0.2) is 0 Å². The van der Waals surface area contributed by atoms with E-state index >= 15 is 0 Å². The average Bonchev–Trinajstić information content (AvgIpc) is 2.71. The highest BCUT2D eigenvalue weighted by Crippen LogP contribution is 2.25. The summed E-state index contributed by atoms with van der Waals surface area (Å²) in [4.78, 5) is 4.15. The van der Waals surface area contributed by atoms with Crippen molar-refractivity contribution in [1.82, 2.24) is 10.6 Å². The van der Waals surface area contributed by atoms with Gasteiger partial charge in [-0.05, 0) is 36.2 Å². The molecule has 8 heteroatoms. The highest BCUT2D eigenvalue weighted by atomic mass is 19.3. The van der Waals surface area contributed by atoms with Crippen LogP contribution < -0.4 is 24.8 Å². The molecule has 2 aromatic rings. The first-order valence-electron chi connectivity index (χ1n) is 8.75. The molecule has 0 spiro atoms. The summed E-state index contributed by atoms with van der Waals surface area (Å²) in [5.41, 5.74) is 1.61. The van der Waals surface area contributed by atoms with Gasteiger partial charge in [-0.1, -0.05) is 18.2 Å². The molecule has 0 bridgehead atoms. The van der Waals surface area contributed by atoms with E-state index in [-0.39, 0.29) is 12.3 Å². The number of halogens is 2. The predicted molar refractivity (Wildman–Crippen MR) is 105 cm³/mol. The first kappa shape index (κ1) is 21.3. The number of nitrogens with zero attached hydrogens (tertiary/aromatic N) is 1. The van der Waals surface area contributed by atoms with E-state index in [1.54, 1.807) is 26.3 Å². The monoisotopic (exact) mass is 393 g/mol. The largest absolute Gasteiger partial charge is 0.497 e. The zero-order valence-electron chi connectivity index (χ0n) is 16.2. The number of methoxy groups -OCH3 is 2. The SMILES string of the molecule is CN=C(NCCc1ccccc1OC)NCc1cc(OC)ccc1OC(F)F. The number of rotatable bonds is 9. The number of hydrogen-bond donors (Lipinski definition) is 2. The standard InChI is InChI=1S/C20H25F2N3O3/c1-23-20(24-11-10-14-6-4-5-7-17(14)27-3)25-13-15-12-16(26-2)8-9-18(15)28-19(21)22/h4-9,12,19H,10-11,13H2,1-3H3,(H2,23,24,25). The van der Waals surface area contributed by atoms with E-state index in [1.165, 1.54) is 13.2 Å². The van der Waals surface area contributed by atoms with Gasteiger partial charge < -0.3 is 24.8 Å². The van der Waals surface area contributed by atoms with Crippen molar-refractivity contribution in [3.8, 4) is 17.2 Å². The maximum atomic E-state index is 12.6. The van der Waals surface area contributed by atoms with E-state index < -0.39 is 6.61 Å². The van der Waals surface area contributed by atoms with Crippen molar-refractivity contribution in [1.29, 1.82) is 0 Å². The molecule has 0 atom stereocenters. The summed E-state index contributed by atoms with van der Waals surface area (Å²) < 4.78 is 40.3. The minimum Gasteiger partial charge on any atom is -0.497 e. The van der Waals surface area contributed by atoms with Crippen molar-refractivity contribution in [3.63, 3.8) is 0 Å². The highest BCUT2D eigenvalue weighted by Gasteiger charge is 2.11. The molecule has 152 valence electrons. The van der Waals surface area contributed by atoms with Crippen LogP contribution in [0, 0.1) is 0 Å². The van der Waals surface area contributed by atoms with E-state index in [2.05, 4.69) is 20.4 Å². The molecule has 0 fully saturated rings. The number of nitrogens with one attached hydrogen (secondary N) is 2. The summed E-state index contributed by atoms with van der Waals surface area (Å²) in [6.45, 7) is -2.03. The van der Waals surface area contributed by atoms with E-state index in [0.29, 0.717) is 23.8 Å². The molecule has 0 unspecified atom stereocenters. The first-order valence-corrected chi connectivity index (χ1v) is 8.75. The van der Waals surface area contributed by atoms with Crippen LogP contribution in [-0.2, 0) is 13.0 Å². The van der Waals surface area contributed by atoms with Gasteiger partial charge in [-0.2, -0.15) is 8.78 Å². The zero-order chi connectivity index (χ0) is 20.4. The molecule has 6 nitrogen and oxygen atoms in total. The molecular weight excluding hydrogens is 368 g/mol. The van der Waals surface area contributed by atoms with Gasteiger partial charge in [0.05, 0.1) is 14.2 Å². The molecule has 0 saturated heterocycles. The van der Waals surface area contributed by atoms with E-state index in [0.717, 1.165) is 17.7 Å². The fourth-order valence-electron chi connectivity index (χ4n) is 2.66. The molecule has 28 heavy (non-hydrogen) atoms. The van der Waals surface area contributed by atoms with Crippen LogP contribution in [0.25, 0.3) is 0 Å². The van der Waals surface area contributed by atoms with Gasteiger partial charge in [0.15, 0.2) is 5.96 Å². The third-order valence-electron chi connectivity index (χ3n) is 4.03. The van der Waals surface area contributed by atoms with Gasteiger partial charge in [0, 0.05) is 25.7 Å². The van der Waals surface area contributed by atoms with Gasteiger partial charge in [0.1, 0.15) is 17.2 Å². The van der Waals surface area contributed by atoms with Crippen LogP contribution in [0.4, 0.5) is 8.78 Å². The maximum Gasteiger partial charge on any atom is 0.387 e. The smallest absolute Gasteiger partial charge is 0.387 e. The molecule has 2 rings (SSSR count). The molecule has 0 saturated carbocycles. The van der Waals surface area contributed by atoms with Crippen LogP contribution >= 0.6 is 0 Å². The molecule has 0 amide bonds. The molecule has 0 aliphatic rings. The van der Waals surface area contributed by atoms with Gasteiger partial charge in [0.25, 0.3) is 0 Å². The summed E-state index contributed by atoms with van der Waals surface area (Å²) in [5.74, 6) is 2.02. The molecule has 0 aliphatic carbocycles. The Labute approximate surface area is 163 Å². The Balaban J connectivity index is 1.94. The van der Waals surface area contributed by atoms with Crippen molar-refractivity contribution in [2.24, 2.45) is 4.99 Å². The Hall–Kier alpha value is -3.03. The molecule has 0 heterocycles. The lowest BCUT2D eigenvalue weighted by atomic mass is 10.1. The van der Waals surface area contributed by atoms with Crippen molar-refractivity contribution < 1.29 is 23.0 Å². The Bertz CT molecular complexity index is 785. The van der Waals surface area contributed by atoms with Gasteiger partial charge >= 0.3 is 6.61 Å². The number of para-hydroxylation sites is 1. The fraction of sp³-hybridized carbons (Fsp3) is 0.350. The third-order valence-corrected chi connectivity index (χ3v) is 4.03. The minimum atomic E-state index is -2.90. The van der Waals surface area contributed by atoms with Crippen LogP contribution in [0.5, 0.6) is 17.2 Å². The lowest BCUT2D eigenvalue weighted by Gasteiger charge is -2.16. The topological polar surface area (TPSA) is 64.1 Å². The van der Waals surface area contributed by atoms with E-state index in [4.69, 9.17) is 9.47 Å². The average molecular weight is 393 g/mol. The molecule has 2 aromatic carbocycles. The van der Waals surface area contributed by atoms with Crippen LogP contribution in [0.3, 0.4) is 0 Å². The molecule has 2 N–H and O–H groups in total. The Morgan fingerprint density at radius 3 is 2.46 bits per heavy atom. The molecular formula is C20H25F2N3O3. The van der Waals surface area contributed by atoms with Crippen molar-refractivity contribution in [3.05, 3.63) is 53.6 Å². The second kappa shape index (κ2) is 11.0. The minimum absolute atomic E-state index is 0.0905. The van der Waals surface area contributed by atoms with Crippen molar-refractivity contribution in [2.75, 3.05) is 27.8 Å². The zero-order valence-corrected chi connectivity index (χ0v) is 16.2. The summed E-state index contributed by atoms with van der Waals surface area (Å²) >= 11 is 0. The molecule has 0 radical (unpaired) electrons. The van der Waals surface area contributed by atoms with E-state index in [1.807, 2.05) is 24.3 Å². The number of ether oxygens (including phenoxy) is 3. The van der Waals surface area contributed by atoms with Gasteiger partial charge in [0.2, 0.25) is 0 Å². The Morgan fingerprint density at radius 1 is 1.00 bits per heavy atom. The second-order valence-electron chi connectivity index (χ2n) is 5.77. The van der Waals surface area contributed by atoms with Crippen LogP contribution in [0.1, 0.15) is 11.1 Å². The summed E-state index contributed by atoms with van der Waals surface area (Å²) in [6.07, 6.45) is 0.740. The lowest BCUT2D eigenvalue weighted by Crippen LogP contribution is -2.38. The predicted octanol–water partition coefficient (Wildman–Crippen LogP) is 3.21. The molecule has 0 aromatic heterocycles. The number of alkyl halides is 2. The van der Waals surface area contributed by atoms with Gasteiger partial charge in [-0.15, -0.1) is 0 Å². The summed E-state index contributed by atoms with van der Waals surface area (Å²) in [5, 5.41) is 6.28. The number of hydrogen-bond acceptors (Lipinski definition) is 4. The quantitative estimate of drug-likeness (QED) is 0.506. The van der Waals surface area contributed by atoms with Crippen molar-refractivity contribution in [2.45, 2.75) is 19.6 Å². The summed E-state index contributed by atoms with van der Waals surface area (Å²) in [6, 6.07) is 12.5. The maximum absolute atomic E-state index is 12.6. The van der Waals surface area contributed by atoms with Crippen molar-refractivity contribution >= 4 is 5.96 Å². The Kier molecular flexibility index (Phi) is 8.33. The van der Waals surface area contributed by atoms with Crippen LogP contribution in [0.15, 0.2) is 47.5 Å². The normalized spacial score (nSPS) is 11.3.